The van der Waals surface area contributed by atoms with Gasteiger partial charge in [0.15, 0.2) is 11.6 Å². The Bertz CT molecular complexity index is 636. The van der Waals surface area contributed by atoms with Crippen LogP contribution < -0.4 is 10.1 Å². The fraction of sp³-hybridized carbons (Fsp3) is 0.214. The summed E-state index contributed by atoms with van der Waals surface area (Å²) in [5, 5.41) is 2.65. The number of ether oxygens (including phenoxy) is 1. The highest BCUT2D eigenvalue weighted by Gasteiger charge is 2.12. The number of nitrogens with zero attached hydrogens (tertiary/aromatic N) is 2. The molecule has 0 saturated heterocycles. The van der Waals surface area contributed by atoms with Crippen LogP contribution in [0.25, 0.3) is 0 Å². The number of nitrogens with one attached hydrogen (secondary N) is 1. The molecule has 1 N–H and O–H groups in total. The van der Waals surface area contributed by atoms with E-state index < -0.39 is 5.82 Å². The van der Waals surface area contributed by atoms with Gasteiger partial charge in [-0.1, -0.05) is 12.1 Å². The molecule has 0 aliphatic heterocycles. The third-order valence-electron chi connectivity index (χ3n) is 2.59. The lowest BCUT2D eigenvalue weighted by atomic mass is 10.3. The van der Waals surface area contributed by atoms with Crippen molar-refractivity contribution in [1.29, 1.82) is 0 Å². The Kier molecular flexibility index (Phi) is 3.93. The number of carbonyl (C=O) groups is 1. The number of carbonyl (C=O) groups excluding carboxylic acids is 1. The average Bonchev–Trinajstić information content (AvgIpc) is 2.36. The summed E-state index contributed by atoms with van der Waals surface area (Å²) in [6.07, 6.45) is 0. The lowest BCUT2D eigenvalue weighted by Gasteiger charge is -2.11. The minimum Gasteiger partial charge on any atom is -0.421 e. The van der Waals surface area contributed by atoms with Gasteiger partial charge in [-0.15, -0.1) is 0 Å². The smallest absolute Gasteiger partial charge is 0.322 e. The first-order valence-corrected chi connectivity index (χ1v) is 6.02. The number of aromatic nitrogens is 2. The molecule has 0 aliphatic rings. The third-order valence-corrected chi connectivity index (χ3v) is 2.59. The Morgan fingerprint density at radius 1 is 1.20 bits per heavy atom. The van der Waals surface area contributed by atoms with Crippen LogP contribution in [0.1, 0.15) is 18.3 Å². The van der Waals surface area contributed by atoms with Crippen LogP contribution in [0.15, 0.2) is 24.3 Å². The number of hydrogen-bond donors (Lipinski definition) is 1. The first kappa shape index (κ1) is 13.9. The zero-order valence-electron chi connectivity index (χ0n) is 11.4. The fourth-order valence-electron chi connectivity index (χ4n) is 1.71. The predicted octanol–water partition coefficient (Wildman–Crippen LogP) is 2.98. The van der Waals surface area contributed by atoms with E-state index in [1.807, 2.05) is 0 Å². The van der Waals surface area contributed by atoms with Crippen LogP contribution in [-0.2, 0) is 4.79 Å². The van der Waals surface area contributed by atoms with Crippen LogP contribution in [0, 0.1) is 19.7 Å². The standard InChI is InChI=1S/C14H14FN3O2/c1-8-13(18-10(3)19)9(2)17-14(16-8)20-12-7-5-4-6-11(12)15/h4-7H,1-3H3,(H,18,19). The fourth-order valence-corrected chi connectivity index (χ4v) is 1.71. The molecule has 0 saturated carbocycles. The van der Waals surface area contributed by atoms with Crippen molar-refractivity contribution in [1.82, 2.24) is 9.97 Å². The number of hydrogen-bond acceptors (Lipinski definition) is 4. The number of amides is 1. The minimum absolute atomic E-state index is 0.0409. The largest absolute Gasteiger partial charge is 0.421 e. The van der Waals surface area contributed by atoms with Gasteiger partial charge in [-0.3, -0.25) is 4.79 Å². The second kappa shape index (κ2) is 5.64. The molecule has 0 radical (unpaired) electrons. The molecule has 2 rings (SSSR count). The summed E-state index contributed by atoms with van der Waals surface area (Å²) in [5.74, 6) is -0.640. The highest BCUT2D eigenvalue weighted by atomic mass is 19.1. The molecule has 1 amide bonds. The average molecular weight is 275 g/mol. The minimum atomic E-state index is -0.489. The number of anilines is 1. The van der Waals surface area contributed by atoms with Gasteiger partial charge in [-0.25, -0.2) is 4.39 Å². The topological polar surface area (TPSA) is 64.1 Å². The van der Waals surface area contributed by atoms with E-state index in [1.165, 1.54) is 19.1 Å². The molecule has 104 valence electrons. The van der Waals surface area contributed by atoms with Crippen molar-refractivity contribution in [2.75, 3.05) is 5.32 Å². The van der Waals surface area contributed by atoms with Crippen LogP contribution in [-0.4, -0.2) is 15.9 Å². The Balaban J connectivity index is 2.31. The maximum absolute atomic E-state index is 13.5. The molecule has 0 spiro atoms. The van der Waals surface area contributed by atoms with Crippen molar-refractivity contribution >= 4 is 11.6 Å². The monoisotopic (exact) mass is 275 g/mol. The summed E-state index contributed by atoms with van der Waals surface area (Å²) >= 11 is 0. The molecule has 1 aromatic heterocycles. The third kappa shape index (κ3) is 3.09. The van der Waals surface area contributed by atoms with Gasteiger partial charge in [0.05, 0.1) is 17.1 Å². The van der Waals surface area contributed by atoms with E-state index in [0.29, 0.717) is 17.1 Å². The van der Waals surface area contributed by atoms with Crippen molar-refractivity contribution in [3.63, 3.8) is 0 Å². The molecule has 6 heteroatoms. The maximum Gasteiger partial charge on any atom is 0.322 e. The molecule has 0 aliphatic carbocycles. The van der Waals surface area contributed by atoms with E-state index >= 15 is 0 Å². The second-order valence-corrected chi connectivity index (χ2v) is 4.27. The lowest BCUT2D eigenvalue weighted by Crippen LogP contribution is -2.11. The van der Waals surface area contributed by atoms with Crippen molar-refractivity contribution in [3.05, 3.63) is 41.5 Å². The molecule has 0 unspecified atom stereocenters. The summed E-state index contributed by atoms with van der Waals surface area (Å²) in [6, 6.07) is 6.05. The van der Waals surface area contributed by atoms with E-state index in [4.69, 9.17) is 4.74 Å². The highest BCUT2D eigenvalue weighted by Crippen LogP contribution is 2.24. The van der Waals surface area contributed by atoms with Gasteiger partial charge in [-0.2, -0.15) is 9.97 Å². The summed E-state index contributed by atoms with van der Waals surface area (Å²) < 4.78 is 18.8. The lowest BCUT2D eigenvalue weighted by molar-refractivity contribution is -0.114. The maximum atomic E-state index is 13.5. The van der Waals surface area contributed by atoms with Gasteiger partial charge in [0.1, 0.15) is 0 Å². The SMILES string of the molecule is CC(=O)Nc1c(C)nc(Oc2ccccc2F)nc1C. The molecule has 1 heterocycles. The van der Waals surface area contributed by atoms with Crippen LogP contribution in [0.4, 0.5) is 10.1 Å². The van der Waals surface area contributed by atoms with Gasteiger partial charge in [0.2, 0.25) is 5.91 Å². The Morgan fingerprint density at radius 3 is 2.35 bits per heavy atom. The van der Waals surface area contributed by atoms with E-state index in [9.17, 15) is 9.18 Å². The molecule has 0 fully saturated rings. The molecular formula is C14H14FN3O2. The van der Waals surface area contributed by atoms with Crippen molar-refractivity contribution in [3.8, 4) is 11.8 Å². The summed E-state index contributed by atoms with van der Waals surface area (Å²) in [7, 11) is 0. The number of aryl methyl sites for hydroxylation is 2. The van der Waals surface area contributed by atoms with Crippen LogP contribution in [0.5, 0.6) is 11.8 Å². The van der Waals surface area contributed by atoms with Gasteiger partial charge in [-0.05, 0) is 26.0 Å². The Morgan fingerprint density at radius 2 is 1.80 bits per heavy atom. The molecule has 1 aromatic carbocycles. The zero-order chi connectivity index (χ0) is 14.7. The molecule has 20 heavy (non-hydrogen) atoms. The number of benzene rings is 1. The van der Waals surface area contributed by atoms with E-state index in [-0.39, 0.29) is 17.7 Å². The van der Waals surface area contributed by atoms with Crippen molar-refractivity contribution in [2.45, 2.75) is 20.8 Å². The van der Waals surface area contributed by atoms with Crippen LogP contribution >= 0.6 is 0 Å². The van der Waals surface area contributed by atoms with Gasteiger partial charge < -0.3 is 10.1 Å². The first-order valence-electron chi connectivity index (χ1n) is 6.02. The Hall–Kier alpha value is -2.50. The molecule has 5 nitrogen and oxygen atoms in total. The van der Waals surface area contributed by atoms with Gasteiger partial charge >= 0.3 is 6.01 Å². The van der Waals surface area contributed by atoms with E-state index in [1.54, 1.807) is 26.0 Å². The summed E-state index contributed by atoms with van der Waals surface area (Å²) in [6.45, 7) is 4.84. The van der Waals surface area contributed by atoms with Crippen molar-refractivity contribution < 1.29 is 13.9 Å². The summed E-state index contributed by atoms with van der Waals surface area (Å²) in [5.41, 5.74) is 1.65. The second-order valence-electron chi connectivity index (χ2n) is 4.27. The quantitative estimate of drug-likeness (QED) is 0.935. The number of rotatable bonds is 3. The van der Waals surface area contributed by atoms with Gasteiger partial charge in [0, 0.05) is 6.92 Å². The zero-order valence-corrected chi connectivity index (χ0v) is 11.4. The van der Waals surface area contributed by atoms with E-state index in [2.05, 4.69) is 15.3 Å². The van der Waals surface area contributed by atoms with Crippen molar-refractivity contribution in [2.24, 2.45) is 0 Å². The van der Waals surface area contributed by atoms with Crippen LogP contribution in [0.2, 0.25) is 0 Å². The Labute approximate surface area is 115 Å². The predicted molar refractivity (Wildman–Crippen MR) is 72.3 cm³/mol. The van der Waals surface area contributed by atoms with Crippen LogP contribution in [0.3, 0.4) is 0 Å². The normalized spacial score (nSPS) is 10.2. The number of para-hydroxylation sites is 1. The molecule has 0 atom stereocenters. The highest BCUT2D eigenvalue weighted by molar-refractivity contribution is 5.89. The molecule has 2 aromatic rings. The molecular weight excluding hydrogens is 261 g/mol. The van der Waals surface area contributed by atoms with E-state index in [0.717, 1.165) is 0 Å². The number of halogens is 1. The summed E-state index contributed by atoms with van der Waals surface area (Å²) in [4.78, 5) is 19.3. The first-order chi connectivity index (χ1) is 9.47. The van der Waals surface area contributed by atoms with Gasteiger partial charge in [0.25, 0.3) is 0 Å². The molecule has 0 bridgehead atoms.